The van der Waals surface area contributed by atoms with Crippen molar-refractivity contribution >= 4 is 29.0 Å². The van der Waals surface area contributed by atoms with Crippen LogP contribution >= 0.6 is 11.6 Å². The first-order chi connectivity index (χ1) is 14.9. The van der Waals surface area contributed by atoms with Crippen molar-refractivity contribution in [2.75, 3.05) is 44.6 Å². The number of carbonyl (C=O) groups is 1. The molecule has 8 heteroatoms. The van der Waals surface area contributed by atoms with Gasteiger partial charge in [0, 0.05) is 31.2 Å². The summed E-state index contributed by atoms with van der Waals surface area (Å²) in [6.45, 7) is 7.09. The van der Waals surface area contributed by atoms with Crippen LogP contribution in [-0.4, -0.2) is 67.0 Å². The summed E-state index contributed by atoms with van der Waals surface area (Å²) in [7, 11) is 0. The van der Waals surface area contributed by atoms with E-state index in [1.807, 2.05) is 38.1 Å². The molecule has 3 rings (SSSR count). The Hall–Kier alpha value is -2.77. The molecule has 166 valence electrons. The molecule has 0 unspecified atom stereocenters. The van der Waals surface area contributed by atoms with E-state index in [4.69, 9.17) is 26.5 Å². The fraction of sp³-hybridized carbons (Fsp3) is 0.391. The van der Waals surface area contributed by atoms with E-state index < -0.39 is 0 Å². The molecule has 2 N–H and O–H groups in total. The number of halogens is 1. The van der Waals surface area contributed by atoms with Crippen molar-refractivity contribution in [3.05, 3.63) is 53.6 Å². The monoisotopic (exact) mass is 444 g/mol. The number of amides is 1. The summed E-state index contributed by atoms with van der Waals surface area (Å²) in [5.41, 5.74) is 0.786. The summed E-state index contributed by atoms with van der Waals surface area (Å²) in [5, 5.41) is 12.1. The Balaban J connectivity index is 1.42. The van der Waals surface area contributed by atoms with Crippen molar-refractivity contribution in [2.45, 2.75) is 20.0 Å². The van der Waals surface area contributed by atoms with Gasteiger partial charge in [0.1, 0.15) is 17.3 Å². The molecule has 0 saturated carbocycles. The van der Waals surface area contributed by atoms with Gasteiger partial charge in [-0.15, -0.1) is 0 Å². The van der Waals surface area contributed by atoms with E-state index in [-0.39, 0.29) is 18.6 Å². The average Bonchev–Trinajstić information content (AvgIpc) is 2.74. The van der Waals surface area contributed by atoms with E-state index in [2.05, 4.69) is 10.2 Å². The highest BCUT2D eigenvalue weighted by Gasteiger charge is 2.22. The number of nitrogens with one attached hydrogen (secondary N) is 2. The van der Waals surface area contributed by atoms with Crippen LogP contribution in [0.25, 0.3) is 0 Å². The second-order valence-corrected chi connectivity index (χ2v) is 8.10. The van der Waals surface area contributed by atoms with E-state index in [0.29, 0.717) is 49.3 Å². The zero-order chi connectivity index (χ0) is 22.2. The maximum absolute atomic E-state index is 12.4. The third kappa shape index (κ3) is 7.15. The molecular formula is C23H29ClN4O3. The molecule has 0 atom stereocenters. The van der Waals surface area contributed by atoms with Gasteiger partial charge in [-0.1, -0.05) is 23.7 Å². The smallest absolute Gasteiger partial charge is 0.260 e. The van der Waals surface area contributed by atoms with Crippen LogP contribution in [0.5, 0.6) is 11.5 Å². The number of ether oxygens (including phenoxy) is 2. The predicted molar refractivity (Wildman–Crippen MR) is 124 cm³/mol. The molecule has 1 aliphatic heterocycles. The number of para-hydroxylation sites is 2. The molecule has 1 aliphatic rings. The highest BCUT2D eigenvalue weighted by molar-refractivity contribution is 6.30. The van der Waals surface area contributed by atoms with E-state index in [0.717, 1.165) is 11.4 Å². The summed E-state index contributed by atoms with van der Waals surface area (Å²) in [6.07, 6.45) is 0.0615. The summed E-state index contributed by atoms with van der Waals surface area (Å²) in [4.78, 5) is 16.4. The van der Waals surface area contributed by atoms with Gasteiger partial charge in [0.15, 0.2) is 6.61 Å². The second-order valence-electron chi connectivity index (χ2n) is 7.67. The topological polar surface area (TPSA) is 77.9 Å². The molecule has 31 heavy (non-hydrogen) atoms. The molecule has 0 aliphatic carbocycles. The average molecular weight is 445 g/mol. The fourth-order valence-corrected chi connectivity index (χ4v) is 3.40. The minimum Gasteiger partial charge on any atom is -0.489 e. The van der Waals surface area contributed by atoms with Crippen molar-refractivity contribution in [1.82, 2.24) is 9.80 Å². The Kier molecular flexibility index (Phi) is 8.14. The van der Waals surface area contributed by atoms with Crippen LogP contribution in [0.2, 0.25) is 5.02 Å². The Morgan fingerprint density at radius 2 is 1.77 bits per heavy atom. The molecule has 0 radical (unpaired) electrons. The molecular weight excluding hydrogens is 416 g/mol. The molecule has 1 amide bonds. The van der Waals surface area contributed by atoms with Crippen LogP contribution in [0.1, 0.15) is 13.8 Å². The van der Waals surface area contributed by atoms with Crippen LogP contribution in [0.4, 0.5) is 5.69 Å². The first-order valence-corrected chi connectivity index (χ1v) is 10.8. The first-order valence-electron chi connectivity index (χ1n) is 10.4. The third-order valence-corrected chi connectivity index (χ3v) is 5.07. The van der Waals surface area contributed by atoms with Gasteiger partial charge in [0.05, 0.1) is 18.3 Å². The molecule has 1 heterocycles. The maximum Gasteiger partial charge on any atom is 0.260 e. The molecule has 2 aromatic carbocycles. The van der Waals surface area contributed by atoms with E-state index in [1.54, 1.807) is 29.2 Å². The van der Waals surface area contributed by atoms with Gasteiger partial charge in [-0.3, -0.25) is 15.1 Å². The summed E-state index contributed by atoms with van der Waals surface area (Å²) in [5.74, 6) is 1.71. The van der Waals surface area contributed by atoms with E-state index in [1.165, 1.54) is 0 Å². The summed E-state index contributed by atoms with van der Waals surface area (Å²) >= 11 is 5.86. The van der Waals surface area contributed by atoms with Gasteiger partial charge >= 0.3 is 0 Å². The largest absolute Gasteiger partial charge is 0.489 e. The van der Waals surface area contributed by atoms with Crippen molar-refractivity contribution in [3.63, 3.8) is 0 Å². The lowest BCUT2D eigenvalue weighted by molar-refractivity contribution is -0.135. The molecule has 0 spiro atoms. The van der Waals surface area contributed by atoms with Crippen LogP contribution < -0.4 is 14.8 Å². The van der Waals surface area contributed by atoms with Crippen LogP contribution in [0.3, 0.4) is 0 Å². The van der Waals surface area contributed by atoms with Crippen molar-refractivity contribution in [2.24, 2.45) is 0 Å². The number of nitrogens with zero attached hydrogens (tertiary/aromatic N) is 2. The number of carbonyl (C=O) groups excluding carboxylic acids is 1. The molecule has 7 nitrogen and oxygen atoms in total. The van der Waals surface area contributed by atoms with E-state index in [9.17, 15) is 4.79 Å². The van der Waals surface area contributed by atoms with Crippen molar-refractivity contribution < 1.29 is 14.3 Å². The van der Waals surface area contributed by atoms with Crippen molar-refractivity contribution in [1.29, 1.82) is 5.41 Å². The van der Waals surface area contributed by atoms with Gasteiger partial charge in [0.2, 0.25) is 0 Å². The number of benzene rings is 2. The number of hydrogen-bond acceptors (Lipinski definition) is 5. The molecule has 1 fully saturated rings. The SMILES string of the molecule is CC(C)Oc1ccccc1NC(=N)CN1CCN(C(=O)COc2ccc(Cl)cc2)CC1. The first kappa shape index (κ1) is 22.9. The number of anilines is 1. The normalized spacial score (nSPS) is 14.4. The van der Waals surface area contributed by atoms with Crippen LogP contribution in [-0.2, 0) is 4.79 Å². The van der Waals surface area contributed by atoms with Crippen LogP contribution in [0.15, 0.2) is 48.5 Å². The summed E-state index contributed by atoms with van der Waals surface area (Å²) < 4.78 is 11.4. The fourth-order valence-electron chi connectivity index (χ4n) is 3.27. The molecule has 0 aromatic heterocycles. The maximum atomic E-state index is 12.4. The zero-order valence-electron chi connectivity index (χ0n) is 17.9. The van der Waals surface area contributed by atoms with Gasteiger partial charge in [-0.05, 0) is 50.2 Å². The predicted octanol–water partition coefficient (Wildman–Crippen LogP) is 3.74. The number of hydrogen-bond donors (Lipinski definition) is 2. The Labute approximate surface area is 188 Å². The third-order valence-electron chi connectivity index (χ3n) is 4.82. The second kappa shape index (κ2) is 11.0. The highest BCUT2D eigenvalue weighted by atomic mass is 35.5. The van der Waals surface area contributed by atoms with Gasteiger partial charge in [-0.2, -0.15) is 0 Å². The minimum atomic E-state index is -0.0393. The number of rotatable bonds is 8. The lowest BCUT2D eigenvalue weighted by atomic mass is 10.2. The molecule has 2 aromatic rings. The number of piperazine rings is 1. The minimum absolute atomic E-state index is 0.00560. The summed E-state index contributed by atoms with van der Waals surface area (Å²) in [6, 6.07) is 14.6. The lowest BCUT2D eigenvalue weighted by Crippen LogP contribution is -2.51. The lowest BCUT2D eigenvalue weighted by Gasteiger charge is -2.34. The Morgan fingerprint density at radius 3 is 2.45 bits per heavy atom. The highest BCUT2D eigenvalue weighted by Crippen LogP contribution is 2.25. The van der Waals surface area contributed by atoms with Crippen molar-refractivity contribution in [3.8, 4) is 11.5 Å². The molecule has 1 saturated heterocycles. The number of amidine groups is 1. The Bertz CT molecular complexity index is 881. The van der Waals surface area contributed by atoms with Gasteiger partial charge < -0.3 is 19.7 Å². The molecule has 0 bridgehead atoms. The zero-order valence-corrected chi connectivity index (χ0v) is 18.7. The Morgan fingerprint density at radius 1 is 1.10 bits per heavy atom. The van der Waals surface area contributed by atoms with E-state index >= 15 is 0 Å². The van der Waals surface area contributed by atoms with Gasteiger partial charge in [-0.25, -0.2) is 0 Å². The standard InChI is InChI=1S/C23H29ClN4O3/c1-17(2)31-21-6-4-3-5-20(21)26-22(25)15-27-11-13-28(14-12-27)23(29)16-30-19-9-7-18(24)8-10-19/h3-10,17H,11-16H2,1-2H3,(H2,25,26). The quantitative estimate of drug-likeness (QED) is 0.479. The van der Waals surface area contributed by atoms with Gasteiger partial charge in [0.25, 0.3) is 5.91 Å². The van der Waals surface area contributed by atoms with Crippen LogP contribution in [0, 0.1) is 5.41 Å².